The van der Waals surface area contributed by atoms with E-state index in [2.05, 4.69) is 0 Å². The molecular weight excluding hydrogens is 158 g/mol. The number of hydrogen-bond acceptors (Lipinski definition) is 2. The predicted octanol–water partition coefficient (Wildman–Crippen LogP) is 1.65. The number of benzene rings is 1. The lowest BCUT2D eigenvalue weighted by Crippen LogP contribution is -1.95. The summed E-state index contributed by atoms with van der Waals surface area (Å²) in [5.74, 6) is 0.506. The first-order valence-corrected chi connectivity index (χ1v) is 5.27. The van der Waals surface area contributed by atoms with E-state index in [1.807, 2.05) is 18.2 Å². The first-order valence-electron chi connectivity index (χ1n) is 3.54. The van der Waals surface area contributed by atoms with Gasteiger partial charge in [-0.05, 0) is 18.1 Å². The van der Waals surface area contributed by atoms with Crippen LogP contribution in [0, 0.1) is 4.78 Å². The van der Waals surface area contributed by atoms with Crippen molar-refractivity contribution in [1.82, 2.24) is 0 Å². The summed E-state index contributed by atoms with van der Waals surface area (Å²) in [6, 6.07) is 7.53. The van der Waals surface area contributed by atoms with Crippen molar-refractivity contribution in [3.63, 3.8) is 0 Å². The third kappa shape index (κ3) is 0.959. The second-order valence-electron chi connectivity index (χ2n) is 2.74. The molecule has 1 N–H and O–H groups in total. The molecule has 2 nitrogen and oxygen atoms in total. The van der Waals surface area contributed by atoms with Crippen molar-refractivity contribution in [3.8, 4) is 0 Å². The third-order valence-corrected chi connectivity index (χ3v) is 3.87. The van der Waals surface area contributed by atoms with E-state index in [4.69, 9.17) is 4.78 Å². The number of hydrogen-bond donors (Lipinski definition) is 1. The van der Waals surface area contributed by atoms with Gasteiger partial charge in [-0.25, -0.2) is 8.99 Å². The molecule has 1 atom stereocenters. The summed E-state index contributed by atoms with van der Waals surface area (Å²) in [7, 11) is -2.41. The van der Waals surface area contributed by atoms with Crippen LogP contribution in [-0.4, -0.2) is 9.96 Å². The average molecular weight is 167 g/mol. The fourth-order valence-corrected chi connectivity index (χ4v) is 3.01. The van der Waals surface area contributed by atoms with Gasteiger partial charge >= 0.3 is 0 Å². The molecule has 0 saturated carbocycles. The third-order valence-electron chi connectivity index (χ3n) is 1.99. The summed E-state index contributed by atoms with van der Waals surface area (Å²) in [4.78, 5) is 0.750. The largest absolute Gasteiger partial charge is 0.249 e. The molecular formula is C8H9NOS. The van der Waals surface area contributed by atoms with Crippen LogP contribution in [0.5, 0.6) is 0 Å². The van der Waals surface area contributed by atoms with Gasteiger partial charge in [0.2, 0.25) is 0 Å². The van der Waals surface area contributed by atoms with Gasteiger partial charge in [0.05, 0.1) is 14.6 Å². The summed E-state index contributed by atoms with van der Waals surface area (Å²) in [6.07, 6.45) is 0.804. The SMILES string of the molecule is N=S1(=O)CCc2ccccc21. The Hall–Kier alpha value is -0.830. The zero-order chi connectivity index (χ0) is 7.90. The van der Waals surface area contributed by atoms with Crippen LogP contribution < -0.4 is 0 Å². The highest BCUT2D eigenvalue weighted by Crippen LogP contribution is 2.25. The Balaban J connectivity index is 2.75. The second-order valence-corrected chi connectivity index (χ2v) is 4.94. The summed E-state index contributed by atoms with van der Waals surface area (Å²) < 4.78 is 19.0. The molecule has 0 fully saturated rings. The zero-order valence-corrected chi connectivity index (χ0v) is 6.86. The van der Waals surface area contributed by atoms with Crippen LogP contribution in [0.4, 0.5) is 0 Å². The number of fused-ring (bicyclic) bond motifs is 1. The Morgan fingerprint density at radius 1 is 1.36 bits per heavy atom. The first-order chi connectivity index (χ1) is 5.20. The molecule has 0 bridgehead atoms. The maximum absolute atomic E-state index is 11.5. The zero-order valence-electron chi connectivity index (χ0n) is 6.04. The average Bonchev–Trinajstić information content (AvgIpc) is 2.29. The molecule has 0 radical (unpaired) electrons. The molecule has 0 spiro atoms. The van der Waals surface area contributed by atoms with E-state index in [1.54, 1.807) is 6.07 Å². The van der Waals surface area contributed by atoms with Gasteiger partial charge in [-0.3, -0.25) is 0 Å². The summed E-state index contributed by atoms with van der Waals surface area (Å²) in [6.45, 7) is 0. The normalized spacial score (nSPS) is 28.4. The van der Waals surface area contributed by atoms with Gasteiger partial charge in [-0.2, -0.15) is 0 Å². The second kappa shape index (κ2) is 2.08. The van der Waals surface area contributed by atoms with E-state index in [0.29, 0.717) is 5.75 Å². The molecule has 1 aromatic carbocycles. The minimum absolute atomic E-state index is 0.506. The van der Waals surface area contributed by atoms with Crippen molar-refractivity contribution in [2.24, 2.45) is 0 Å². The first kappa shape index (κ1) is 6.85. The van der Waals surface area contributed by atoms with Gasteiger partial charge in [0.15, 0.2) is 0 Å². The Morgan fingerprint density at radius 3 is 2.82 bits per heavy atom. The van der Waals surface area contributed by atoms with Crippen LogP contribution in [0.15, 0.2) is 29.2 Å². The maximum atomic E-state index is 11.5. The summed E-state index contributed by atoms with van der Waals surface area (Å²) in [5, 5.41) is 0. The standard InChI is InChI=1S/C8H9NOS/c9-11(10)6-5-7-3-1-2-4-8(7)11/h1-4,9H,5-6H2. The summed E-state index contributed by atoms with van der Waals surface area (Å²) in [5.41, 5.74) is 1.09. The maximum Gasteiger partial charge on any atom is 0.0732 e. The highest BCUT2D eigenvalue weighted by atomic mass is 32.2. The van der Waals surface area contributed by atoms with E-state index < -0.39 is 9.73 Å². The van der Waals surface area contributed by atoms with E-state index >= 15 is 0 Å². The summed E-state index contributed by atoms with van der Waals surface area (Å²) >= 11 is 0. The Kier molecular flexibility index (Phi) is 1.29. The molecule has 1 aliphatic rings. The molecule has 0 aliphatic carbocycles. The van der Waals surface area contributed by atoms with Crippen LogP contribution >= 0.6 is 0 Å². The lowest BCUT2D eigenvalue weighted by molar-refractivity contribution is 0.677. The van der Waals surface area contributed by atoms with Gasteiger partial charge in [-0.15, -0.1) is 0 Å². The molecule has 0 aromatic heterocycles. The molecule has 1 aromatic rings. The van der Waals surface area contributed by atoms with Gasteiger partial charge in [-0.1, -0.05) is 18.2 Å². The van der Waals surface area contributed by atoms with Gasteiger partial charge < -0.3 is 0 Å². The van der Waals surface area contributed by atoms with Gasteiger partial charge in [0.25, 0.3) is 0 Å². The molecule has 1 unspecified atom stereocenters. The van der Waals surface area contributed by atoms with Crippen LogP contribution in [-0.2, 0) is 16.1 Å². The van der Waals surface area contributed by atoms with E-state index in [-0.39, 0.29) is 0 Å². The smallest absolute Gasteiger partial charge is 0.0732 e. The Bertz CT molecular complexity index is 381. The number of rotatable bonds is 0. The molecule has 1 heterocycles. The highest BCUT2D eigenvalue weighted by molar-refractivity contribution is 7.92. The van der Waals surface area contributed by atoms with Crippen molar-refractivity contribution in [1.29, 1.82) is 4.78 Å². The highest BCUT2D eigenvalue weighted by Gasteiger charge is 2.21. The van der Waals surface area contributed by atoms with Gasteiger partial charge in [0, 0.05) is 5.75 Å². The molecule has 11 heavy (non-hydrogen) atoms. The quantitative estimate of drug-likeness (QED) is 0.627. The lowest BCUT2D eigenvalue weighted by Gasteiger charge is -1.97. The Labute approximate surface area is 66.2 Å². The minimum Gasteiger partial charge on any atom is -0.249 e. The van der Waals surface area contributed by atoms with Crippen LogP contribution in [0.1, 0.15) is 5.56 Å². The number of nitrogens with one attached hydrogen (secondary N) is 1. The molecule has 58 valence electrons. The van der Waals surface area contributed by atoms with Crippen molar-refractivity contribution in [2.75, 3.05) is 5.75 Å². The number of aryl methyl sites for hydroxylation is 1. The van der Waals surface area contributed by atoms with Crippen molar-refractivity contribution in [2.45, 2.75) is 11.3 Å². The molecule has 3 heteroatoms. The lowest BCUT2D eigenvalue weighted by atomic mass is 10.2. The van der Waals surface area contributed by atoms with E-state index in [0.717, 1.165) is 16.9 Å². The topological polar surface area (TPSA) is 40.9 Å². The van der Waals surface area contributed by atoms with Crippen LogP contribution in [0.2, 0.25) is 0 Å². The molecule has 1 aliphatic heterocycles. The van der Waals surface area contributed by atoms with Gasteiger partial charge in [0.1, 0.15) is 0 Å². The molecule has 2 rings (SSSR count). The van der Waals surface area contributed by atoms with Crippen molar-refractivity contribution >= 4 is 9.73 Å². The molecule has 0 saturated heterocycles. The van der Waals surface area contributed by atoms with Crippen molar-refractivity contribution in [3.05, 3.63) is 29.8 Å². The Morgan fingerprint density at radius 2 is 2.09 bits per heavy atom. The minimum atomic E-state index is -2.41. The van der Waals surface area contributed by atoms with E-state index in [1.165, 1.54) is 0 Å². The van der Waals surface area contributed by atoms with Crippen molar-refractivity contribution < 1.29 is 4.21 Å². The fraction of sp³-hybridized carbons (Fsp3) is 0.250. The van der Waals surface area contributed by atoms with Crippen LogP contribution in [0.25, 0.3) is 0 Å². The molecule has 0 amide bonds. The monoisotopic (exact) mass is 167 g/mol. The fourth-order valence-electron chi connectivity index (χ4n) is 1.40. The van der Waals surface area contributed by atoms with E-state index in [9.17, 15) is 4.21 Å². The van der Waals surface area contributed by atoms with Crippen LogP contribution in [0.3, 0.4) is 0 Å². The predicted molar refractivity (Wildman–Crippen MR) is 44.1 cm³/mol.